The highest BCUT2D eigenvalue weighted by Gasteiger charge is 2.38. The van der Waals surface area contributed by atoms with Crippen molar-refractivity contribution in [1.82, 2.24) is 9.80 Å². The van der Waals surface area contributed by atoms with Crippen LogP contribution in [0.1, 0.15) is 33.1 Å². The van der Waals surface area contributed by atoms with Gasteiger partial charge in [0.05, 0.1) is 12.5 Å². The van der Waals surface area contributed by atoms with Crippen molar-refractivity contribution in [3.63, 3.8) is 0 Å². The summed E-state index contributed by atoms with van der Waals surface area (Å²) >= 11 is 0. The molecule has 1 heterocycles. The lowest BCUT2D eigenvalue weighted by molar-refractivity contribution is -0.145. The molecule has 0 radical (unpaired) electrons. The number of carboxylic acid groups (broad SMARTS) is 1. The molecule has 0 aromatic carbocycles. The Bertz CT molecular complexity index is 391. The molecule has 0 bridgehead atoms. The van der Waals surface area contributed by atoms with Crippen molar-refractivity contribution in [2.45, 2.75) is 45.2 Å². The third-order valence-corrected chi connectivity index (χ3v) is 3.78. The first kappa shape index (κ1) is 15.3. The van der Waals surface area contributed by atoms with Crippen LogP contribution in [0.5, 0.6) is 0 Å². The predicted octanol–water partition coefficient (Wildman–Crippen LogP) is 1.53. The topological polar surface area (TPSA) is 84.6 Å². The molecule has 1 rings (SSSR count). The van der Waals surface area contributed by atoms with Crippen LogP contribution in [0.25, 0.3) is 0 Å². The van der Waals surface area contributed by atoms with E-state index in [0.29, 0.717) is 6.54 Å². The highest BCUT2D eigenvalue weighted by Crippen LogP contribution is 2.25. The molecule has 0 aromatic heterocycles. The monoisotopic (exact) mass is 267 g/mol. The lowest BCUT2D eigenvalue weighted by atomic mass is 9.91. The van der Waals surface area contributed by atoms with E-state index in [4.69, 9.17) is 5.26 Å². The van der Waals surface area contributed by atoms with E-state index in [-0.39, 0.29) is 24.4 Å². The van der Waals surface area contributed by atoms with Crippen LogP contribution in [-0.2, 0) is 4.79 Å². The van der Waals surface area contributed by atoms with Gasteiger partial charge in [-0.1, -0.05) is 6.92 Å². The number of hydrogen-bond donors (Lipinski definition) is 1. The second-order valence-corrected chi connectivity index (χ2v) is 5.20. The number of nitriles is 1. The molecule has 1 saturated heterocycles. The third kappa shape index (κ3) is 3.37. The SMILES string of the molecule is CC1CCCN(C(=O)N(C)C(C)CC#N)C1C(=O)O. The summed E-state index contributed by atoms with van der Waals surface area (Å²) < 4.78 is 0. The van der Waals surface area contributed by atoms with Crippen molar-refractivity contribution >= 4 is 12.0 Å². The minimum absolute atomic E-state index is 0.0464. The number of rotatable bonds is 3. The van der Waals surface area contributed by atoms with E-state index < -0.39 is 12.0 Å². The number of amides is 2. The molecule has 106 valence electrons. The Morgan fingerprint density at radius 1 is 1.58 bits per heavy atom. The standard InChI is InChI=1S/C13H21N3O3/c1-9-5-4-8-16(11(9)12(17)18)13(19)15(3)10(2)6-7-14/h9-11H,4-6,8H2,1-3H3,(H,17,18). The van der Waals surface area contributed by atoms with Gasteiger partial charge in [0.25, 0.3) is 0 Å². The van der Waals surface area contributed by atoms with Crippen LogP contribution in [-0.4, -0.2) is 52.6 Å². The average Bonchev–Trinajstić information content (AvgIpc) is 2.36. The van der Waals surface area contributed by atoms with E-state index in [1.165, 1.54) is 9.80 Å². The van der Waals surface area contributed by atoms with Gasteiger partial charge in [-0.05, 0) is 25.7 Å². The summed E-state index contributed by atoms with van der Waals surface area (Å²) in [5, 5.41) is 18.0. The molecule has 2 amide bonds. The van der Waals surface area contributed by atoms with Gasteiger partial charge in [0.15, 0.2) is 0 Å². The lowest BCUT2D eigenvalue weighted by Gasteiger charge is -2.40. The zero-order valence-electron chi connectivity index (χ0n) is 11.7. The number of piperidine rings is 1. The summed E-state index contributed by atoms with van der Waals surface area (Å²) in [4.78, 5) is 26.6. The number of carboxylic acids is 1. The molecule has 6 nitrogen and oxygen atoms in total. The molecule has 6 heteroatoms. The van der Waals surface area contributed by atoms with Gasteiger partial charge in [0.1, 0.15) is 6.04 Å². The van der Waals surface area contributed by atoms with E-state index in [2.05, 4.69) is 0 Å². The summed E-state index contributed by atoms with van der Waals surface area (Å²) in [6, 6.07) is 0.732. The Kier molecular flexibility index (Phi) is 5.16. The van der Waals surface area contributed by atoms with Crippen LogP contribution in [0.4, 0.5) is 4.79 Å². The van der Waals surface area contributed by atoms with E-state index >= 15 is 0 Å². The fourth-order valence-corrected chi connectivity index (χ4v) is 2.44. The maximum Gasteiger partial charge on any atom is 0.326 e. The highest BCUT2D eigenvalue weighted by atomic mass is 16.4. The Morgan fingerprint density at radius 2 is 2.21 bits per heavy atom. The number of carbonyl (C=O) groups is 2. The Balaban J connectivity index is 2.84. The van der Waals surface area contributed by atoms with E-state index in [1.807, 2.05) is 13.0 Å². The number of aliphatic carboxylic acids is 1. The van der Waals surface area contributed by atoms with Crippen molar-refractivity contribution in [1.29, 1.82) is 5.26 Å². The van der Waals surface area contributed by atoms with Crippen molar-refractivity contribution < 1.29 is 14.7 Å². The van der Waals surface area contributed by atoms with Gasteiger partial charge in [-0.2, -0.15) is 5.26 Å². The first-order chi connectivity index (χ1) is 8.90. The molecule has 0 saturated carbocycles. The zero-order valence-corrected chi connectivity index (χ0v) is 11.7. The Morgan fingerprint density at radius 3 is 2.74 bits per heavy atom. The second kappa shape index (κ2) is 6.41. The van der Waals surface area contributed by atoms with E-state index in [1.54, 1.807) is 14.0 Å². The van der Waals surface area contributed by atoms with Crippen molar-refractivity contribution in [3.05, 3.63) is 0 Å². The number of nitrogens with zero attached hydrogens (tertiary/aromatic N) is 3. The van der Waals surface area contributed by atoms with Gasteiger partial charge in [-0.25, -0.2) is 9.59 Å². The van der Waals surface area contributed by atoms with Crippen molar-refractivity contribution in [2.75, 3.05) is 13.6 Å². The van der Waals surface area contributed by atoms with Crippen LogP contribution >= 0.6 is 0 Å². The zero-order chi connectivity index (χ0) is 14.6. The summed E-state index contributed by atoms with van der Waals surface area (Å²) in [5.74, 6) is -1.00. The van der Waals surface area contributed by atoms with Gasteiger partial charge in [-0.15, -0.1) is 0 Å². The van der Waals surface area contributed by atoms with Gasteiger partial charge in [0.2, 0.25) is 0 Å². The molecule has 3 unspecified atom stereocenters. The average molecular weight is 267 g/mol. The fraction of sp³-hybridized carbons (Fsp3) is 0.769. The molecule has 3 atom stereocenters. The quantitative estimate of drug-likeness (QED) is 0.840. The molecular weight excluding hydrogens is 246 g/mol. The Hall–Kier alpha value is -1.77. The maximum atomic E-state index is 12.4. The molecule has 0 aliphatic carbocycles. The fourth-order valence-electron chi connectivity index (χ4n) is 2.44. The molecule has 1 aliphatic rings. The summed E-state index contributed by atoms with van der Waals surface area (Å²) in [7, 11) is 1.61. The van der Waals surface area contributed by atoms with Crippen LogP contribution in [0.2, 0.25) is 0 Å². The number of carbonyl (C=O) groups excluding carboxylic acids is 1. The van der Waals surface area contributed by atoms with Gasteiger partial charge in [0, 0.05) is 19.6 Å². The predicted molar refractivity (Wildman–Crippen MR) is 69.4 cm³/mol. The van der Waals surface area contributed by atoms with Gasteiger partial charge >= 0.3 is 12.0 Å². The number of urea groups is 1. The molecule has 1 fully saturated rings. The summed E-state index contributed by atoms with van der Waals surface area (Å²) in [5.41, 5.74) is 0. The minimum atomic E-state index is -0.957. The van der Waals surface area contributed by atoms with Crippen LogP contribution in [0, 0.1) is 17.2 Å². The van der Waals surface area contributed by atoms with E-state index in [9.17, 15) is 14.7 Å². The maximum absolute atomic E-state index is 12.4. The van der Waals surface area contributed by atoms with E-state index in [0.717, 1.165) is 12.8 Å². The van der Waals surface area contributed by atoms with Crippen molar-refractivity contribution in [2.24, 2.45) is 5.92 Å². The number of likely N-dealkylation sites (tertiary alicyclic amines) is 1. The summed E-state index contributed by atoms with van der Waals surface area (Å²) in [6.45, 7) is 4.10. The molecule has 0 spiro atoms. The molecule has 0 aromatic rings. The largest absolute Gasteiger partial charge is 0.480 e. The number of hydrogen-bond acceptors (Lipinski definition) is 3. The van der Waals surface area contributed by atoms with Gasteiger partial charge in [-0.3, -0.25) is 0 Å². The Labute approximate surface area is 113 Å². The van der Waals surface area contributed by atoms with Crippen molar-refractivity contribution in [3.8, 4) is 6.07 Å². The third-order valence-electron chi connectivity index (χ3n) is 3.78. The lowest BCUT2D eigenvalue weighted by Crippen LogP contribution is -2.56. The first-order valence-electron chi connectivity index (χ1n) is 6.53. The molecular formula is C13H21N3O3. The smallest absolute Gasteiger partial charge is 0.326 e. The van der Waals surface area contributed by atoms with Crippen LogP contribution in [0.3, 0.4) is 0 Å². The summed E-state index contributed by atoms with van der Waals surface area (Å²) in [6.07, 6.45) is 1.87. The molecule has 1 N–H and O–H groups in total. The molecule has 1 aliphatic heterocycles. The minimum Gasteiger partial charge on any atom is -0.480 e. The van der Waals surface area contributed by atoms with Crippen LogP contribution < -0.4 is 0 Å². The molecule has 19 heavy (non-hydrogen) atoms. The second-order valence-electron chi connectivity index (χ2n) is 5.20. The normalized spacial score (nSPS) is 24.4. The van der Waals surface area contributed by atoms with Crippen LogP contribution in [0.15, 0.2) is 0 Å². The van der Waals surface area contributed by atoms with Gasteiger partial charge < -0.3 is 14.9 Å². The first-order valence-corrected chi connectivity index (χ1v) is 6.53. The highest BCUT2D eigenvalue weighted by molar-refractivity contribution is 5.83.